The van der Waals surface area contributed by atoms with Crippen molar-refractivity contribution in [3.63, 3.8) is 0 Å². The highest BCUT2D eigenvalue weighted by Gasteiger charge is 2.28. The van der Waals surface area contributed by atoms with Crippen LogP contribution in [0.5, 0.6) is 0 Å². The van der Waals surface area contributed by atoms with Crippen LogP contribution in [0.1, 0.15) is 26.7 Å². The fraction of sp³-hybridized carbons (Fsp3) is 0.667. The summed E-state index contributed by atoms with van der Waals surface area (Å²) in [6.07, 6.45) is 3.28. The normalized spacial score (nSPS) is 20.2. The van der Waals surface area contributed by atoms with Gasteiger partial charge in [0.05, 0.1) is 13.0 Å². The lowest BCUT2D eigenvalue weighted by molar-refractivity contribution is -0.148. The Kier molecular flexibility index (Phi) is 4.52. The van der Waals surface area contributed by atoms with Crippen molar-refractivity contribution in [2.45, 2.75) is 26.7 Å². The number of esters is 1. The first-order chi connectivity index (χ1) is 7.54. The number of rotatable bonds is 2. The molecule has 1 aliphatic rings. The van der Waals surface area contributed by atoms with Crippen LogP contribution in [-0.4, -0.2) is 37.0 Å². The van der Waals surface area contributed by atoms with Crippen molar-refractivity contribution >= 4 is 11.9 Å². The third-order valence-electron chi connectivity index (χ3n) is 2.68. The molecule has 90 valence electrons. The average molecular weight is 225 g/mol. The van der Waals surface area contributed by atoms with Crippen LogP contribution in [0.4, 0.5) is 0 Å². The summed E-state index contributed by atoms with van der Waals surface area (Å²) in [7, 11) is 1.39. The summed E-state index contributed by atoms with van der Waals surface area (Å²) in [5.41, 5.74) is 0.977. The molecule has 0 unspecified atom stereocenters. The van der Waals surface area contributed by atoms with Gasteiger partial charge in [-0.3, -0.25) is 9.59 Å². The number of hydrogen-bond donors (Lipinski definition) is 0. The minimum absolute atomic E-state index is 0.00592. The number of methoxy groups -OCH3 is 1. The van der Waals surface area contributed by atoms with E-state index in [1.165, 1.54) is 7.11 Å². The van der Waals surface area contributed by atoms with Crippen molar-refractivity contribution in [3.8, 4) is 0 Å². The van der Waals surface area contributed by atoms with Gasteiger partial charge >= 0.3 is 5.97 Å². The predicted molar refractivity (Wildman–Crippen MR) is 60.8 cm³/mol. The van der Waals surface area contributed by atoms with E-state index >= 15 is 0 Å². The zero-order chi connectivity index (χ0) is 12.1. The number of piperidine rings is 1. The van der Waals surface area contributed by atoms with Gasteiger partial charge in [0.2, 0.25) is 5.91 Å². The van der Waals surface area contributed by atoms with Crippen LogP contribution in [0.3, 0.4) is 0 Å². The summed E-state index contributed by atoms with van der Waals surface area (Å²) >= 11 is 0. The molecule has 4 nitrogen and oxygen atoms in total. The van der Waals surface area contributed by atoms with Gasteiger partial charge in [0.1, 0.15) is 0 Å². The molecule has 0 aliphatic carbocycles. The van der Waals surface area contributed by atoms with Crippen LogP contribution < -0.4 is 0 Å². The number of hydrogen-bond acceptors (Lipinski definition) is 3. The van der Waals surface area contributed by atoms with Crippen molar-refractivity contribution in [1.29, 1.82) is 0 Å². The summed E-state index contributed by atoms with van der Waals surface area (Å²) in [4.78, 5) is 24.9. The Hall–Kier alpha value is -1.32. The Balaban J connectivity index is 2.60. The molecule has 0 N–H and O–H groups in total. The monoisotopic (exact) mass is 225 g/mol. The Morgan fingerprint density at radius 3 is 2.62 bits per heavy atom. The number of allylic oxidation sites excluding steroid dienone is 1. The molecule has 1 amide bonds. The topological polar surface area (TPSA) is 46.6 Å². The molecule has 4 heteroatoms. The SMILES string of the molecule is COC(=O)[C@H]1CCCN(C(=O)C=C(C)C)C1. The molecular weight excluding hydrogens is 206 g/mol. The second-order valence-corrected chi connectivity index (χ2v) is 4.37. The number of carbonyl (C=O) groups excluding carboxylic acids is 2. The molecule has 0 aromatic carbocycles. The zero-order valence-corrected chi connectivity index (χ0v) is 10.2. The summed E-state index contributed by atoms with van der Waals surface area (Å²) in [6, 6.07) is 0. The summed E-state index contributed by atoms with van der Waals surface area (Å²) in [5, 5.41) is 0. The van der Waals surface area contributed by atoms with Gasteiger partial charge in [-0.05, 0) is 26.7 Å². The van der Waals surface area contributed by atoms with E-state index < -0.39 is 0 Å². The number of carbonyl (C=O) groups is 2. The molecule has 0 aromatic heterocycles. The molecule has 1 atom stereocenters. The molecule has 1 heterocycles. The third-order valence-corrected chi connectivity index (χ3v) is 2.68. The minimum Gasteiger partial charge on any atom is -0.469 e. The second kappa shape index (κ2) is 5.68. The highest BCUT2D eigenvalue weighted by Crippen LogP contribution is 2.18. The number of amides is 1. The molecule has 1 saturated heterocycles. The standard InChI is InChI=1S/C12H19NO3/c1-9(2)7-11(14)13-6-4-5-10(8-13)12(15)16-3/h7,10H,4-6,8H2,1-3H3/t10-/m0/s1. The van der Waals surface area contributed by atoms with Crippen LogP contribution in [0.15, 0.2) is 11.6 Å². The van der Waals surface area contributed by atoms with Crippen LogP contribution in [0, 0.1) is 5.92 Å². The second-order valence-electron chi connectivity index (χ2n) is 4.37. The zero-order valence-electron chi connectivity index (χ0n) is 10.2. The van der Waals surface area contributed by atoms with Crippen LogP contribution >= 0.6 is 0 Å². The van der Waals surface area contributed by atoms with Gasteiger partial charge in [-0.15, -0.1) is 0 Å². The van der Waals surface area contributed by atoms with Crippen molar-refractivity contribution in [2.24, 2.45) is 5.92 Å². The minimum atomic E-state index is -0.213. The third kappa shape index (κ3) is 3.36. The van der Waals surface area contributed by atoms with Gasteiger partial charge in [-0.1, -0.05) is 5.57 Å². The summed E-state index contributed by atoms with van der Waals surface area (Å²) in [5.74, 6) is -0.378. The van der Waals surface area contributed by atoms with Gasteiger partial charge in [0.25, 0.3) is 0 Å². The fourth-order valence-corrected chi connectivity index (χ4v) is 1.87. The molecule has 0 aromatic rings. The number of nitrogens with zero attached hydrogens (tertiary/aromatic N) is 1. The Morgan fingerprint density at radius 1 is 1.38 bits per heavy atom. The van der Waals surface area contributed by atoms with Crippen LogP contribution in [0.2, 0.25) is 0 Å². The molecule has 0 spiro atoms. The van der Waals surface area contributed by atoms with Gasteiger partial charge < -0.3 is 9.64 Å². The van der Waals surface area contributed by atoms with E-state index in [1.54, 1.807) is 11.0 Å². The van der Waals surface area contributed by atoms with Gasteiger partial charge in [0.15, 0.2) is 0 Å². The average Bonchev–Trinajstić information content (AvgIpc) is 2.27. The largest absolute Gasteiger partial charge is 0.469 e. The summed E-state index contributed by atoms with van der Waals surface area (Å²) in [6.45, 7) is 4.99. The molecule has 0 saturated carbocycles. The Bertz CT molecular complexity index is 305. The Morgan fingerprint density at radius 2 is 2.06 bits per heavy atom. The quantitative estimate of drug-likeness (QED) is 0.526. The molecule has 0 radical (unpaired) electrons. The lowest BCUT2D eigenvalue weighted by Gasteiger charge is -2.30. The van der Waals surface area contributed by atoms with Gasteiger partial charge in [-0.25, -0.2) is 0 Å². The van der Waals surface area contributed by atoms with E-state index in [-0.39, 0.29) is 17.8 Å². The Labute approximate surface area is 96.3 Å². The van der Waals surface area contributed by atoms with Crippen LogP contribution in [0.25, 0.3) is 0 Å². The van der Waals surface area contributed by atoms with E-state index in [0.29, 0.717) is 6.54 Å². The number of likely N-dealkylation sites (tertiary alicyclic amines) is 1. The fourth-order valence-electron chi connectivity index (χ4n) is 1.87. The van der Waals surface area contributed by atoms with E-state index in [2.05, 4.69) is 0 Å². The smallest absolute Gasteiger partial charge is 0.310 e. The molecule has 1 aliphatic heterocycles. The molecule has 0 bridgehead atoms. The van der Waals surface area contributed by atoms with Crippen molar-refractivity contribution in [3.05, 3.63) is 11.6 Å². The first kappa shape index (κ1) is 12.7. The van der Waals surface area contributed by atoms with Gasteiger partial charge in [0, 0.05) is 19.2 Å². The maximum atomic E-state index is 11.8. The van der Waals surface area contributed by atoms with E-state index in [9.17, 15) is 9.59 Å². The first-order valence-corrected chi connectivity index (χ1v) is 5.56. The van der Waals surface area contributed by atoms with Crippen LogP contribution in [-0.2, 0) is 14.3 Å². The van der Waals surface area contributed by atoms with E-state index in [0.717, 1.165) is 25.0 Å². The predicted octanol–water partition coefficient (Wildman–Crippen LogP) is 1.36. The lowest BCUT2D eigenvalue weighted by Crippen LogP contribution is -2.42. The van der Waals surface area contributed by atoms with E-state index in [1.807, 2.05) is 13.8 Å². The van der Waals surface area contributed by atoms with Crippen molar-refractivity contribution in [1.82, 2.24) is 4.90 Å². The molecule has 1 fully saturated rings. The summed E-state index contributed by atoms with van der Waals surface area (Å²) < 4.78 is 4.71. The molecule has 1 rings (SSSR count). The lowest BCUT2D eigenvalue weighted by atomic mass is 9.98. The molecular formula is C12H19NO3. The van der Waals surface area contributed by atoms with Crippen molar-refractivity contribution in [2.75, 3.05) is 20.2 Å². The van der Waals surface area contributed by atoms with E-state index in [4.69, 9.17) is 4.74 Å². The number of ether oxygens (including phenoxy) is 1. The maximum absolute atomic E-state index is 11.8. The highest BCUT2D eigenvalue weighted by atomic mass is 16.5. The molecule has 16 heavy (non-hydrogen) atoms. The highest BCUT2D eigenvalue weighted by molar-refractivity contribution is 5.88. The maximum Gasteiger partial charge on any atom is 0.310 e. The van der Waals surface area contributed by atoms with Gasteiger partial charge in [-0.2, -0.15) is 0 Å². The first-order valence-electron chi connectivity index (χ1n) is 5.56. The van der Waals surface area contributed by atoms with Crippen molar-refractivity contribution < 1.29 is 14.3 Å².